The lowest BCUT2D eigenvalue weighted by atomic mass is 9.94. The monoisotopic (exact) mass is 756 g/mol. The van der Waals surface area contributed by atoms with Gasteiger partial charge in [0.25, 0.3) is 0 Å². The summed E-state index contributed by atoms with van der Waals surface area (Å²) in [5.41, 5.74) is -0.941. The van der Waals surface area contributed by atoms with Crippen molar-refractivity contribution in [3.63, 3.8) is 0 Å². The van der Waals surface area contributed by atoms with E-state index >= 15 is 0 Å². The number of ether oxygens (including phenoxy) is 6. The zero-order chi connectivity index (χ0) is 37.8. The average Bonchev–Trinajstić information content (AvgIpc) is 3.45. The third-order valence-electron chi connectivity index (χ3n) is 8.64. The smallest absolute Gasteiger partial charge is 0.410 e. The Balaban J connectivity index is 1.93. The minimum absolute atomic E-state index is 0.00548. The Hall–Kier alpha value is -3.11. The maximum atomic E-state index is 13.6. The molecule has 288 valence electrons. The van der Waals surface area contributed by atoms with Gasteiger partial charge >= 0.3 is 24.2 Å². The third-order valence-corrected chi connectivity index (χ3v) is 10.8. The highest BCUT2D eigenvalue weighted by Gasteiger charge is 2.51. The molecule has 2 N–H and O–H groups in total. The number of carbonyl (C=O) groups excluding carboxylic acids is 4. The predicted molar refractivity (Wildman–Crippen MR) is 195 cm³/mol. The Morgan fingerprint density at radius 3 is 2.37 bits per heavy atom. The molecular formula is C35H57ClN4O10Si. The van der Waals surface area contributed by atoms with E-state index in [2.05, 4.69) is 30.3 Å². The summed E-state index contributed by atoms with van der Waals surface area (Å²) in [6, 6.07) is 7.77. The number of halogens is 1. The molecule has 0 aromatic heterocycles. The molecule has 0 spiro atoms. The van der Waals surface area contributed by atoms with Gasteiger partial charge in [-0.1, -0.05) is 50.0 Å². The van der Waals surface area contributed by atoms with Gasteiger partial charge in [0.2, 0.25) is 0 Å². The fourth-order valence-electron chi connectivity index (χ4n) is 5.87. The Morgan fingerprint density at radius 2 is 1.76 bits per heavy atom. The zero-order valence-corrected chi connectivity index (χ0v) is 33.1. The molecule has 2 heterocycles. The molecule has 0 bridgehead atoms. The Bertz CT molecular complexity index is 1300. The molecule has 2 saturated heterocycles. The van der Waals surface area contributed by atoms with E-state index in [1.165, 1.54) is 4.90 Å². The number of methoxy groups -OCH3 is 1. The summed E-state index contributed by atoms with van der Waals surface area (Å²) in [7, 11) is 0.0456. The van der Waals surface area contributed by atoms with E-state index in [0.717, 1.165) is 11.6 Å². The van der Waals surface area contributed by atoms with Crippen molar-refractivity contribution in [3.8, 4) is 0 Å². The van der Waals surface area contributed by atoms with Crippen LogP contribution in [0.1, 0.15) is 39.7 Å². The minimum Gasteiger partial charge on any atom is -0.464 e. The number of benzene rings is 1. The van der Waals surface area contributed by atoms with Crippen molar-refractivity contribution in [2.24, 2.45) is 0 Å². The fraction of sp³-hybridized carbons (Fsp3) is 0.714. The number of amides is 3. The lowest BCUT2D eigenvalue weighted by Gasteiger charge is -2.42. The van der Waals surface area contributed by atoms with Crippen molar-refractivity contribution in [3.05, 3.63) is 35.9 Å². The fourth-order valence-corrected chi connectivity index (χ4v) is 6.93. The van der Waals surface area contributed by atoms with Crippen LogP contribution in [0, 0.1) is 0 Å². The summed E-state index contributed by atoms with van der Waals surface area (Å²) < 4.78 is 34.1. The molecule has 1 aromatic rings. The molecule has 14 nitrogen and oxygen atoms in total. The largest absolute Gasteiger partial charge is 0.464 e. The first-order valence-electron chi connectivity index (χ1n) is 17.5. The molecule has 3 amide bonds. The number of alkyl carbamates (subject to hydrolysis) is 1. The van der Waals surface area contributed by atoms with Crippen LogP contribution in [-0.4, -0.2) is 137 Å². The molecule has 51 heavy (non-hydrogen) atoms. The van der Waals surface area contributed by atoms with Crippen LogP contribution in [0.3, 0.4) is 0 Å². The van der Waals surface area contributed by atoms with Crippen LogP contribution in [0.4, 0.5) is 14.4 Å². The standard InChI is InChI=1S/C35H57ClN4O10Si/c1-9-46-30(41)29(38-31(42)48-17-18-51(6,7)8)28(27-21-39(15-16-47-27)32(43)49-22-25-13-11-10-12-14-25)37-24-35(23-36)19-26(45-5)20-40(35)33(44)50-34(2,3)4/h10-14,26-29,37H,9,15-24H2,1-8H3,(H,38,42)/t26-,27+,28+,29-,35?/m0/s1. The van der Waals surface area contributed by atoms with Crippen molar-refractivity contribution >= 4 is 43.9 Å². The quantitative estimate of drug-likeness (QED) is 0.112. The highest BCUT2D eigenvalue weighted by atomic mass is 35.5. The highest BCUT2D eigenvalue weighted by molar-refractivity contribution is 6.76. The molecule has 2 aliphatic heterocycles. The lowest BCUT2D eigenvalue weighted by molar-refractivity contribution is -0.148. The summed E-state index contributed by atoms with van der Waals surface area (Å²) >= 11 is 6.66. The van der Waals surface area contributed by atoms with Crippen LogP contribution in [0.2, 0.25) is 25.7 Å². The summed E-state index contributed by atoms with van der Waals surface area (Å²) in [4.78, 5) is 56.6. The van der Waals surface area contributed by atoms with E-state index in [0.29, 0.717) is 6.42 Å². The second-order valence-corrected chi connectivity index (χ2v) is 21.0. The average molecular weight is 757 g/mol. The molecule has 0 saturated carbocycles. The van der Waals surface area contributed by atoms with Crippen LogP contribution in [0.15, 0.2) is 30.3 Å². The molecule has 5 atom stereocenters. The summed E-state index contributed by atoms with van der Waals surface area (Å²) in [5.74, 6) is -0.722. The number of hydrogen-bond donors (Lipinski definition) is 2. The number of likely N-dealkylation sites (tertiary alicyclic amines) is 1. The zero-order valence-electron chi connectivity index (χ0n) is 31.3. The SMILES string of the molecule is CCOC(=O)[C@@H](NC(=O)OCC[Si](C)(C)C)[C@H](NCC1(CCl)C[C@H](OC)CN1C(=O)OC(C)(C)C)[C@H]1CN(C(=O)OCc2ccccc2)CCO1. The second kappa shape index (κ2) is 19.1. The number of rotatable bonds is 15. The number of esters is 1. The topological polar surface area (TPSA) is 154 Å². The predicted octanol–water partition coefficient (Wildman–Crippen LogP) is 4.61. The number of hydrogen-bond acceptors (Lipinski definition) is 11. The van der Waals surface area contributed by atoms with Gasteiger partial charge < -0.3 is 44.0 Å². The lowest BCUT2D eigenvalue weighted by Crippen LogP contribution is -2.66. The van der Waals surface area contributed by atoms with Gasteiger partial charge in [-0.05, 0) is 39.3 Å². The summed E-state index contributed by atoms with van der Waals surface area (Å²) in [5, 5.41) is 6.11. The summed E-state index contributed by atoms with van der Waals surface area (Å²) in [6.07, 6.45) is -2.71. The van der Waals surface area contributed by atoms with E-state index in [-0.39, 0.29) is 64.6 Å². The highest BCUT2D eigenvalue weighted by Crippen LogP contribution is 2.34. The van der Waals surface area contributed by atoms with Crippen molar-refractivity contribution in [2.75, 3.05) is 59.0 Å². The van der Waals surface area contributed by atoms with Crippen molar-refractivity contribution < 1.29 is 47.6 Å². The summed E-state index contributed by atoms with van der Waals surface area (Å²) in [6.45, 7) is 14.5. The molecule has 3 rings (SSSR count). The van der Waals surface area contributed by atoms with Gasteiger partial charge in [0.1, 0.15) is 18.2 Å². The normalized spacial score (nSPS) is 22.1. The van der Waals surface area contributed by atoms with Crippen molar-refractivity contribution in [1.82, 2.24) is 20.4 Å². The molecule has 1 unspecified atom stereocenters. The number of alkyl halides is 1. The molecule has 2 aliphatic rings. The van der Waals surface area contributed by atoms with Gasteiger partial charge in [0, 0.05) is 40.6 Å². The molecule has 0 radical (unpaired) electrons. The van der Waals surface area contributed by atoms with Crippen molar-refractivity contribution in [2.45, 2.75) is 102 Å². The van der Waals surface area contributed by atoms with E-state index in [1.54, 1.807) is 39.7 Å². The maximum absolute atomic E-state index is 13.6. The van der Waals surface area contributed by atoms with E-state index in [9.17, 15) is 19.2 Å². The van der Waals surface area contributed by atoms with Crippen LogP contribution in [-0.2, 0) is 39.8 Å². The molecular weight excluding hydrogens is 700 g/mol. The molecule has 16 heteroatoms. The van der Waals surface area contributed by atoms with Crippen LogP contribution in [0.5, 0.6) is 0 Å². The van der Waals surface area contributed by atoms with E-state index < -0.39 is 61.7 Å². The van der Waals surface area contributed by atoms with Gasteiger partial charge in [0.05, 0.1) is 56.7 Å². The second-order valence-electron chi connectivity index (χ2n) is 15.1. The number of nitrogens with one attached hydrogen (secondary N) is 2. The minimum atomic E-state index is -1.52. The first kappa shape index (κ1) is 42.3. The van der Waals surface area contributed by atoms with Gasteiger partial charge in [-0.15, -0.1) is 11.6 Å². The van der Waals surface area contributed by atoms with Crippen LogP contribution >= 0.6 is 11.6 Å². The number of morpholine rings is 1. The molecule has 0 aliphatic carbocycles. The first-order chi connectivity index (χ1) is 24.0. The Morgan fingerprint density at radius 1 is 1.06 bits per heavy atom. The van der Waals surface area contributed by atoms with E-state index in [1.807, 2.05) is 30.3 Å². The Labute approximate surface area is 308 Å². The van der Waals surface area contributed by atoms with Crippen LogP contribution in [0.25, 0.3) is 0 Å². The first-order valence-corrected chi connectivity index (χ1v) is 21.7. The Kier molecular flexibility index (Phi) is 15.8. The molecule has 1 aromatic carbocycles. The third kappa shape index (κ3) is 13.1. The van der Waals surface area contributed by atoms with E-state index in [4.69, 9.17) is 40.0 Å². The van der Waals surface area contributed by atoms with Gasteiger partial charge in [-0.2, -0.15) is 0 Å². The number of carbonyl (C=O) groups is 4. The number of nitrogens with zero attached hydrogens (tertiary/aromatic N) is 2. The van der Waals surface area contributed by atoms with Gasteiger partial charge in [-0.25, -0.2) is 19.2 Å². The van der Waals surface area contributed by atoms with Gasteiger partial charge in [0.15, 0.2) is 0 Å². The molecule has 2 fully saturated rings. The maximum Gasteiger partial charge on any atom is 0.410 e. The van der Waals surface area contributed by atoms with Crippen molar-refractivity contribution in [1.29, 1.82) is 0 Å². The van der Waals surface area contributed by atoms with Crippen LogP contribution < -0.4 is 10.6 Å². The van der Waals surface area contributed by atoms with Gasteiger partial charge in [-0.3, -0.25) is 4.90 Å².